The minimum atomic E-state index is -0.0712. The monoisotopic (exact) mass is 354 g/mol. The molecular weight excluding hydrogens is 331 g/mol. The maximum absolute atomic E-state index is 12.0. The number of thiazole rings is 1. The topological polar surface area (TPSA) is 62.5 Å². The molecule has 1 aliphatic heterocycles. The Morgan fingerprint density at radius 1 is 1.38 bits per heavy atom. The zero-order valence-corrected chi connectivity index (χ0v) is 14.9. The number of rotatable bonds is 4. The van der Waals surface area contributed by atoms with Crippen molar-refractivity contribution in [1.29, 1.82) is 0 Å². The SMILES string of the molecule is CCc1cnc(N2CCN(C(=O)C(C)CN)CC2)s1.Cl.Cl. The highest BCUT2D eigenvalue weighted by molar-refractivity contribution is 7.15. The molecule has 0 aliphatic carbocycles. The Morgan fingerprint density at radius 2 is 2.00 bits per heavy atom. The minimum absolute atomic E-state index is 0. The second kappa shape index (κ2) is 9.46. The van der Waals surface area contributed by atoms with Crippen LogP contribution in [-0.4, -0.2) is 48.5 Å². The number of piperazine rings is 1. The van der Waals surface area contributed by atoms with Gasteiger partial charge in [0.15, 0.2) is 5.13 Å². The summed E-state index contributed by atoms with van der Waals surface area (Å²) in [6, 6.07) is 0. The summed E-state index contributed by atoms with van der Waals surface area (Å²) in [5.74, 6) is 0.105. The molecule has 0 bridgehead atoms. The van der Waals surface area contributed by atoms with Gasteiger partial charge in [0.2, 0.25) is 5.91 Å². The molecular formula is C13H24Cl2N4OS. The van der Waals surface area contributed by atoms with E-state index in [4.69, 9.17) is 5.73 Å². The van der Waals surface area contributed by atoms with Crippen LogP contribution in [-0.2, 0) is 11.2 Å². The number of nitrogens with two attached hydrogens (primary N) is 1. The highest BCUT2D eigenvalue weighted by atomic mass is 35.5. The van der Waals surface area contributed by atoms with E-state index in [1.54, 1.807) is 11.3 Å². The van der Waals surface area contributed by atoms with Crippen molar-refractivity contribution in [2.45, 2.75) is 20.3 Å². The first-order chi connectivity index (χ1) is 9.15. The van der Waals surface area contributed by atoms with E-state index in [0.29, 0.717) is 6.54 Å². The number of carbonyl (C=O) groups is 1. The van der Waals surface area contributed by atoms with E-state index in [1.807, 2.05) is 18.0 Å². The third-order valence-electron chi connectivity index (χ3n) is 3.53. The van der Waals surface area contributed by atoms with Gasteiger partial charge >= 0.3 is 0 Å². The number of amides is 1. The van der Waals surface area contributed by atoms with Crippen molar-refractivity contribution < 1.29 is 4.79 Å². The molecule has 2 rings (SSSR count). The lowest BCUT2D eigenvalue weighted by Crippen LogP contribution is -2.50. The Morgan fingerprint density at radius 3 is 2.48 bits per heavy atom. The van der Waals surface area contributed by atoms with Crippen LogP contribution in [0.5, 0.6) is 0 Å². The third kappa shape index (κ3) is 4.98. The molecule has 0 radical (unpaired) electrons. The first kappa shape index (κ1) is 20.4. The quantitative estimate of drug-likeness (QED) is 0.895. The standard InChI is InChI=1S/C13H22N4OS.2ClH/c1-3-11-9-15-13(19-11)17-6-4-16(5-7-17)12(18)10(2)8-14;;/h9-10H,3-8,14H2,1-2H3;2*1H. The van der Waals surface area contributed by atoms with Crippen molar-refractivity contribution in [3.63, 3.8) is 0 Å². The second-order valence-corrected chi connectivity index (χ2v) is 6.01. The van der Waals surface area contributed by atoms with Gasteiger partial charge in [-0.1, -0.05) is 13.8 Å². The van der Waals surface area contributed by atoms with E-state index in [-0.39, 0.29) is 36.6 Å². The molecule has 1 fully saturated rings. The van der Waals surface area contributed by atoms with Crippen molar-refractivity contribution in [3.05, 3.63) is 11.1 Å². The highest BCUT2D eigenvalue weighted by Gasteiger charge is 2.25. The summed E-state index contributed by atoms with van der Waals surface area (Å²) < 4.78 is 0. The molecule has 1 atom stereocenters. The molecule has 0 spiro atoms. The van der Waals surface area contributed by atoms with Crippen LogP contribution in [0.2, 0.25) is 0 Å². The van der Waals surface area contributed by atoms with Crippen molar-refractivity contribution in [2.75, 3.05) is 37.6 Å². The zero-order valence-electron chi connectivity index (χ0n) is 12.4. The summed E-state index contributed by atoms with van der Waals surface area (Å²) in [4.78, 5) is 22.0. The Bertz CT molecular complexity index is 436. The first-order valence-corrected chi connectivity index (χ1v) is 7.65. The van der Waals surface area contributed by atoms with Crippen LogP contribution in [0.15, 0.2) is 6.20 Å². The van der Waals surface area contributed by atoms with Gasteiger partial charge in [0.25, 0.3) is 0 Å². The fourth-order valence-electron chi connectivity index (χ4n) is 2.14. The van der Waals surface area contributed by atoms with Crippen LogP contribution in [0.1, 0.15) is 18.7 Å². The molecule has 21 heavy (non-hydrogen) atoms. The van der Waals surface area contributed by atoms with Crippen LogP contribution >= 0.6 is 36.2 Å². The molecule has 1 aromatic heterocycles. The summed E-state index contributed by atoms with van der Waals surface area (Å²) >= 11 is 1.75. The summed E-state index contributed by atoms with van der Waals surface area (Å²) in [6.45, 7) is 7.71. The molecule has 1 aromatic rings. The number of hydrogen-bond acceptors (Lipinski definition) is 5. The maximum atomic E-state index is 12.0. The van der Waals surface area contributed by atoms with Crippen molar-refractivity contribution in [3.8, 4) is 0 Å². The summed E-state index contributed by atoms with van der Waals surface area (Å²) in [5.41, 5.74) is 5.55. The van der Waals surface area contributed by atoms with Crippen LogP contribution in [0.4, 0.5) is 5.13 Å². The number of nitrogens with zero attached hydrogens (tertiary/aromatic N) is 3. The lowest BCUT2D eigenvalue weighted by atomic mass is 10.1. The molecule has 0 aromatic carbocycles. The van der Waals surface area contributed by atoms with Gasteiger partial charge in [-0.05, 0) is 6.42 Å². The third-order valence-corrected chi connectivity index (χ3v) is 4.73. The Balaban J connectivity index is 0.00000200. The molecule has 1 unspecified atom stereocenters. The van der Waals surface area contributed by atoms with Gasteiger partial charge in [-0.15, -0.1) is 36.2 Å². The summed E-state index contributed by atoms with van der Waals surface area (Å²) in [6.07, 6.45) is 2.98. The van der Waals surface area contributed by atoms with E-state index in [0.717, 1.165) is 37.7 Å². The van der Waals surface area contributed by atoms with Gasteiger partial charge in [-0.3, -0.25) is 4.79 Å². The minimum Gasteiger partial charge on any atom is -0.345 e. The number of aromatic nitrogens is 1. The number of carbonyl (C=O) groups excluding carboxylic acids is 1. The van der Waals surface area contributed by atoms with Crippen molar-refractivity contribution >= 4 is 47.2 Å². The Kier molecular flexibility index (Phi) is 9.20. The van der Waals surface area contributed by atoms with E-state index in [9.17, 15) is 4.79 Å². The molecule has 5 nitrogen and oxygen atoms in total. The fraction of sp³-hybridized carbons (Fsp3) is 0.692. The lowest BCUT2D eigenvalue weighted by Gasteiger charge is -2.35. The van der Waals surface area contributed by atoms with Crippen LogP contribution in [0.25, 0.3) is 0 Å². The predicted molar refractivity (Wildman–Crippen MR) is 93.0 cm³/mol. The maximum Gasteiger partial charge on any atom is 0.226 e. The van der Waals surface area contributed by atoms with Crippen LogP contribution in [0, 0.1) is 5.92 Å². The van der Waals surface area contributed by atoms with Gasteiger partial charge in [0.05, 0.1) is 0 Å². The smallest absolute Gasteiger partial charge is 0.226 e. The van der Waals surface area contributed by atoms with Gasteiger partial charge in [-0.2, -0.15) is 0 Å². The molecule has 1 aliphatic rings. The average Bonchev–Trinajstić information content (AvgIpc) is 2.94. The largest absolute Gasteiger partial charge is 0.345 e. The molecule has 1 amide bonds. The van der Waals surface area contributed by atoms with Crippen molar-refractivity contribution in [2.24, 2.45) is 11.7 Å². The number of aryl methyl sites for hydroxylation is 1. The Labute approximate surface area is 142 Å². The number of halogens is 2. The molecule has 2 N–H and O–H groups in total. The Hall–Kier alpha value is -0.560. The van der Waals surface area contributed by atoms with Gasteiger partial charge < -0.3 is 15.5 Å². The molecule has 8 heteroatoms. The summed E-state index contributed by atoms with van der Waals surface area (Å²) in [7, 11) is 0. The number of hydrogen-bond donors (Lipinski definition) is 1. The van der Waals surface area contributed by atoms with Crippen LogP contribution in [0.3, 0.4) is 0 Å². The normalized spacial score (nSPS) is 16.0. The van der Waals surface area contributed by atoms with E-state index in [2.05, 4.69) is 16.8 Å². The second-order valence-electron chi connectivity index (χ2n) is 4.91. The fourth-order valence-corrected chi connectivity index (χ4v) is 3.04. The molecule has 0 saturated carbocycles. The number of anilines is 1. The predicted octanol–water partition coefficient (Wildman–Crippen LogP) is 1.79. The van der Waals surface area contributed by atoms with Crippen molar-refractivity contribution in [1.82, 2.24) is 9.88 Å². The highest BCUT2D eigenvalue weighted by Crippen LogP contribution is 2.24. The van der Waals surface area contributed by atoms with Crippen LogP contribution < -0.4 is 10.6 Å². The van der Waals surface area contributed by atoms with Gasteiger partial charge in [0, 0.05) is 49.7 Å². The first-order valence-electron chi connectivity index (χ1n) is 6.84. The molecule has 1 saturated heterocycles. The molecule has 122 valence electrons. The lowest BCUT2D eigenvalue weighted by molar-refractivity contribution is -0.134. The van der Waals surface area contributed by atoms with E-state index >= 15 is 0 Å². The van der Waals surface area contributed by atoms with Gasteiger partial charge in [0.1, 0.15) is 0 Å². The van der Waals surface area contributed by atoms with Gasteiger partial charge in [-0.25, -0.2) is 4.98 Å². The van der Waals surface area contributed by atoms with E-state index in [1.165, 1.54) is 4.88 Å². The van der Waals surface area contributed by atoms with E-state index < -0.39 is 0 Å². The molecule has 2 heterocycles. The summed E-state index contributed by atoms with van der Waals surface area (Å²) in [5, 5.41) is 1.08. The average molecular weight is 355 g/mol. The zero-order chi connectivity index (χ0) is 13.8.